The third kappa shape index (κ3) is 2.86. The Labute approximate surface area is 150 Å². The summed E-state index contributed by atoms with van der Waals surface area (Å²) in [5.74, 6) is -0.338. The van der Waals surface area contributed by atoms with Gasteiger partial charge < -0.3 is 14.7 Å². The zero-order valence-electron chi connectivity index (χ0n) is 15.2. The molecule has 4 aromatic rings. The number of pyridine rings is 1. The second kappa shape index (κ2) is 7.04. The number of rotatable bonds is 2. The number of benzene rings is 2. The molecule has 4 rings (SSSR count). The minimum absolute atomic E-state index is 0.146. The van der Waals surface area contributed by atoms with Gasteiger partial charge in [0.05, 0.1) is 18.1 Å². The molecule has 2 heterocycles. The fourth-order valence-corrected chi connectivity index (χ4v) is 3.09. The highest BCUT2D eigenvalue weighted by atomic mass is 19.1. The molecule has 5 heteroatoms. The first-order valence-electron chi connectivity index (χ1n) is 8.56. The molecule has 0 spiro atoms. The summed E-state index contributed by atoms with van der Waals surface area (Å²) >= 11 is 0. The zero-order valence-corrected chi connectivity index (χ0v) is 15.2. The topological polar surface area (TPSA) is 57.9 Å². The second-order valence-corrected chi connectivity index (χ2v) is 5.79. The van der Waals surface area contributed by atoms with Gasteiger partial charge in [0, 0.05) is 28.1 Å². The molecule has 26 heavy (non-hydrogen) atoms. The van der Waals surface area contributed by atoms with Gasteiger partial charge in [0.25, 0.3) is 0 Å². The lowest BCUT2D eigenvalue weighted by atomic mass is 10.0. The Morgan fingerprint density at radius 3 is 2.46 bits per heavy atom. The summed E-state index contributed by atoms with van der Waals surface area (Å²) in [6.07, 6.45) is 0. The van der Waals surface area contributed by atoms with Crippen LogP contribution in [0.4, 0.5) is 4.39 Å². The highest BCUT2D eigenvalue weighted by Crippen LogP contribution is 2.34. The fraction of sp³-hybridized carbons (Fsp3) is 0.190. The SMILES string of the molecule is CC.COc1cccc(-c2cc(=O)[nH]c3c2[nH]c2ccc(C)cc23)c1F. The Kier molecular flexibility index (Phi) is 4.80. The van der Waals surface area contributed by atoms with E-state index in [9.17, 15) is 9.18 Å². The Balaban J connectivity index is 0.000000948. The monoisotopic (exact) mass is 352 g/mol. The van der Waals surface area contributed by atoms with E-state index in [1.165, 1.54) is 13.2 Å². The highest BCUT2D eigenvalue weighted by Gasteiger charge is 2.16. The molecule has 134 valence electrons. The summed E-state index contributed by atoms with van der Waals surface area (Å²) in [6, 6.07) is 12.2. The van der Waals surface area contributed by atoms with Crippen LogP contribution in [0, 0.1) is 12.7 Å². The van der Waals surface area contributed by atoms with E-state index in [2.05, 4.69) is 9.97 Å². The lowest BCUT2D eigenvalue weighted by molar-refractivity contribution is 0.387. The summed E-state index contributed by atoms with van der Waals surface area (Å²) in [5, 5.41) is 0.909. The maximum atomic E-state index is 14.7. The van der Waals surface area contributed by atoms with Crippen molar-refractivity contribution in [3.05, 3.63) is 64.2 Å². The standard InChI is InChI=1S/C19H15FN2O2.C2H6/c1-10-6-7-14-13(8-10)19-18(21-14)12(9-16(23)22-19)11-4-3-5-15(24-2)17(11)20;1-2/h3-9,21H,1-2H3,(H,22,23);1-2H3. The van der Waals surface area contributed by atoms with Crippen LogP contribution in [-0.2, 0) is 0 Å². The predicted molar refractivity (Wildman–Crippen MR) is 104 cm³/mol. The summed E-state index contributed by atoms with van der Waals surface area (Å²) in [7, 11) is 1.42. The van der Waals surface area contributed by atoms with Gasteiger partial charge in [-0.25, -0.2) is 4.39 Å². The number of ether oxygens (including phenoxy) is 1. The molecule has 0 aliphatic carbocycles. The van der Waals surface area contributed by atoms with Crippen molar-refractivity contribution >= 4 is 21.9 Å². The van der Waals surface area contributed by atoms with Crippen molar-refractivity contribution in [2.24, 2.45) is 0 Å². The maximum absolute atomic E-state index is 14.7. The molecule has 2 aromatic heterocycles. The van der Waals surface area contributed by atoms with Crippen molar-refractivity contribution in [3.63, 3.8) is 0 Å². The number of hydrogen-bond donors (Lipinski definition) is 2. The van der Waals surface area contributed by atoms with Crippen LogP contribution in [0.3, 0.4) is 0 Å². The van der Waals surface area contributed by atoms with Crippen LogP contribution in [-0.4, -0.2) is 17.1 Å². The number of fused-ring (bicyclic) bond motifs is 3. The van der Waals surface area contributed by atoms with Gasteiger partial charge in [0.2, 0.25) is 5.56 Å². The molecule has 0 saturated carbocycles. The van der Waals surface area contributed by atoms with Crippen molar-refractivity contribution in [1.29, 1.82) is 0 Å². The predicted octanol–water partition coefficient (Wildman–Crippen LogP) is 5.16. The van der Waals surface area contributed by atoms with Crippen LogP contribution >= 0.6 is 0 Å². The number of H-pyrrole nitrogens is 2. The summed E-state index contributed by atoms with van der Waals surface area (Å²) in [6.45, 7) is 5.99. The van der Waals surface area contributed by atoms with E-state index in [4.69, 9.17) is 4.74 Å². The molecule has 0 atom stereocenters. The van der Waals surface area contributed by atoms with E-state index < -0.39 is 5.82 Å². The quantitative estimate of drug-likeness (QED) is 0.523. The first-order valence-corrected chi connectivity index (χ1v) is 8.56. The maximum Gasteiger partial charge on any atom is 0.249 e. The molecule has 0 saturated heterocycles. The van der Waals surface area contributed by atoms with Crippen LogP contribution in [0.1, 0.15) is 19.4 Å². The number of halogens is 1. The van der Waals surface area contributed by atoms with E-state index in [1.807, 2.05) is 39.0 Å². The zero-order chi connectivity index (χ0) is 18.8. The van der Waals surface area contributed by atoms with Crippen LogP contribution in [0.5, 0.6) is 5.75 Å². The van der Waals surface area contributed by atoms with Crippen LogP contribution < -0.4 is 10.3 Å². The van der Waals surface area contributed by atoms with E-state index in [1.54, 1.807) is 18.2 Å². The Bertz CT molecular complexity index is 1140. The second-order valence-electron chi connectivity index (χ2n) is 5.79. The molecule has 0 bridgehead atoms. The van der Waals surface area contributed by atoms with Gasteiger partial charge >= 0.3 is 0 Å². The highest BCUT2D eigenvalue weighted by molar-refractivity contribution is 6.09. The minimum atomic E-state index is -0.485. The van der Waals surface area contributed by atoms with Crippen molar-refractivity contribution in [2.75, 3.05) is 7.11 Å². The fourth-order valence-electron chi connectivity index (χ4n) is 3.09. The summed E-state index contributed by atoms with van der Waals surface area (Å²) in [5.41, 5.74) is 3.92. The number of aromatic amines is 2. The Morgan fingerprint density at radius 1 is 0.962 bits per heavy atom. The molecular formula is C21H21FN2O2. The van der Waals surface area contributed by atoms with Crippen molar-refractivity contribution in [1.82, 2.24) is 9.97 Å². The smallest absolute Gasteiger partial charge is 0.249 e. The van der Waals surface area contributed by atoms with Crippen molar-refractivity contribution < 1.29 is 9.13 Å². The van der Waals surface area contributed by atoms with Crippen molar-refractivity contribution in [3.8, 4) is 16.9 Å². The molecule has 2 N–H and O–H groups in total. The largest absolute Gasteiger partial charge is 0.494 e. The molecule has 0 aliphatic rings. The molecule has 0 fully saturated rings. The third-order valence-corrected chi connectivity index (χ3v) is 4.22. The normalized spacial score (nSPS) is 10.7. The van der Waals surface area contributed by atoms with Gasteiger partial charge in [-0.3, -0.25) is 4.79 Å². The first kappa shape index (κ1) is 17.7. The summed E-state index contributed by atoms with van der Waals surface area (Å²) < 4.78 is 19.7. The molecule has 0 amide bonds. The van der Waals surface area contributed by atoms with Gasteiger partial charge in [0.1, 0.15) is 0 Å². The van der Waals surface area contributed by atoms with E-state index in [-0.39, 0.29) is 11.3 Å². The molecule has 0 aliphatic heterocycles. The minimum Gasteiger partial charge on any atom is -0.494 e. The van der Waals surface area contributed by atoms with Crippen LogP contribution in [0.15, 0.2) is 47.3 Å². The summed E-state index contributed by atoms with van der Waals surface area (Å²) in [4.78, 5) is 18.3. The molecule has 2 aromatic carbocycles. The number of nitrogens with one attached hydrogen (secondary N) is 2. The lowest BCUT2D eigenvalue weighted by Gasteiger charge is -2.08. The lowest BCUT2D eigenvalue weighted by Crippen LogP contribution is -2.05. The van der Waals surface area contributed by atoms with Crippen molar-refractivity contribution in [2.45, 2.75) is 20.8 Å². The molecular weight excluding hydrogens is 331 g/mol. The van der Waals surface area contributed by atoms with Gasteiger partial charge in [-0.2, -0.15) is 0 Å². The van der Waals surface area contributed by atoms with E-state index >= 15 is 0 Å². The molecule has 4 nitrogen and oxygen atoms in total. The van der Waals surface area contributed by atoms with Gasteiger partial charge in [-0.15, -0.1) is 0 Å². The van der Waals surface area contributed by atoms with Crippen LogP contribution in [0.25, 0.3) is 33.1 Å². The van der Waals surface area contributed by atoms with E-state index in [0.29, 0.717) is 22.2 Å². The number of aryl methyl sites for hydroxylation is 1. The van der Waals surface area contributed by atoms with Gasteiger partial charge in [0.15, 0.2) is 11.6 Å². The van der Waals surface area contributed by atoms with E-state index in [0.717, 1.165) is 16.5 Å². The van der Waals surface area contributed by atoms with Crippen LogP contribution in [0.2, 0.25) is 0 Å². The molecule has 0 unspecified atom stereocenters. The number of hydrogen-bond acceptors (Lipinski definition) is 2. The Hall–Kier alpha value is -3.08. The van der Waals surface area contributed by atoms with Gasteiger partial charge in [-0.05, 0) is 25.1 Å². The van der Waals surface area contributed by atoms with Gasteiger partial charge in [-0.1, -0.05) is 37.6 Å². The number of methoxy groups -OCH3 is 1. The number of aromatic nitrogens is 2. The third-order valence-electron chi connectivity index (χ3n) is 4.22. The average Bonchev–Trinajstić information content (AvgIpc) is 3.01. The average molecular weight is 352 g/mol. The molecule has 0 radical (unpaired) electrons. The first-order chi connectivity index (χ1) is 12.6. The Morgan fingerprint density at radius 2 is 1.73 bits per heavy atom.